The van der Waals surface area contributed by atoms with E-state index in [0.29, 0.717) is 17.5 Å². The molecule has 0 spiro atoms. The Kier molecular flexibility index (Phi) is 2.49. The van der Waals surface area contributed by atoms with Gasteiger partial charge in [-0.25, -0.2) is 0 Å². The van der Waals surface area contributed by atoms with Crippen LogP contribution in [-0.2, 0) is 0 Å². The van der Waals surface area contributed by atoms with E-state index in [0.717, 1.165) is 0 Å². The van der Waals surface area contributed by atoms with Crippen LogP contribution >= 0.6 is 0 Å². The van der Waals surface area contributed by atoms with E-state index in [-0.39, 0.29) is 17.6 Å². The first-order chi connectivity index (χ1) is 7.49. The van der Waals surface area contributed by atoms with Crippen LogP contribution < -0.4 is 21.1 Å². The van der Waals surface area contributed by atoms with Gasteiger partial charge in [-0.3, -0.25) is 9.78 Å². The number of hydrogen-bond acceptors (Lipinski definition) is 5. The van der Waals surface area contributed by atoms with Crippen LogP contribution in [-0.4, -0.2) is 36.1 Å². The van der Waals surface area contributed by atoms with Crippen molar-refractivity contribution in [1.29, 1.82) is 0 Å². The molecule has 1 aliphatic rings. The first kappa shape index (κ1) is 10.8. The van der Waals surface area contributed by atoms with E-state index < -0.39 is 0 Å². The first-order valence-electron chi connectivity index (χ1n) is 5.33. The van der Waals surface area contributed by atoms with Gasteiger partial charge >= 0.3 is 0 Å². The molecule has 16 heavy (non-hydrogen) atoms. The van der Waals surface area contributed by atoms with E-state index in [9.17, 15) is 4.79 Å². The van der Waals surface area contributed by atoms with E-state index in [2.05, 4.69) is 27.5 Å². The van der Waals surface area contributed by atoms with Gasteiger partial charge in [0.2, 0.25) is 5.95 Å². The lowest BCUT2D eigenvalue weighted by molar-refractivity contribution is 0.655. The standard InChI is InChI=1S/C10H17N5O/c1-5-6(2)12-8-7(11-5)9(16)14-10(13-8)15(3)4/h5-6,11H,1-4H3,(H2,12,13,14,16)/t5-,6-/m0/s1. The molecule has 0 aromatic carbocycles. The smallest absolute Gasteiger partial charge is 0.277 e. The quantitative estimate of drug-likeness (QED) is 0.644. The van der Waals surface area contributed by atoms with Gasteiger partial charge in [-0.2, -0.15) is 4.98 Å². The molecule has 0 amide bonds. The molecule has 2 heterocycles. The van der Waals surface area contributed by atoms with Crippen LogP contribution in [0.4, 0.5) is 17.5 Å². The van der Waals surface area contributed by atoms with Crippen molar-refractivity contribution in [2.75, 3.05) is 29.6 Å². The molecule has 0 aliphatic carbocycles. The largest absolute Gasteiger partial charge is 0.373 e. The van der Waals surface area contributed by atoms with E-state index in [4.69, 9.17) is 0 Å². The zero-order valence-corrected chi connectivity index (χ0v) is 9.96. The minimum absolute atomic E-state index is 0.139. The Balaban J connectivity index is 2.49. The number of hydrogen-bond donors (Lipinski definition) is 3. The molecule has 6 heteroatoms. The predicted octanol–water partition coefficient (Wildman–Crippen LogP) is 0.450. The lowest BCUT2D eigenvalue weighted by Crippen LogP contribution is -2.42. The number of nitrogens with zero attached hydrogens (tertiary/aromatic N) is 2. The fourth-order valence-electron chi connectivity index (χ4n) is 1.60. The second kappa shape index (κ2) is 3.70. The molecule has 1 aromatic heterocycles. The maximum atomic E-state index is 11.8. The SMILES string of the molecule is C[C@@H]1Nc2nc(N(C)C)[nH]c(=O)c2N[C@H]1C. The van der Waals surface area contributed by atoms with Crippen molar-refractivity contribution in [1.82, 2.24) is 9.97 Å². The lowest BCUT2D eigenvalue weighted by atomic mass is 10.1. The van der Waals surface area contributed by atoms with Crippen molar-refractivity contribution in [3.05, 3.63) is 10.4 Å². The molecule has 2 atom stereocenters. The van der Waals surface area contributed by atoms with E-state index in [1.807, 2.05) is 21.0 Å². The average Bonchev–Trinajstić information content (AvgIpc) is 2.20. The molecule has 1 aromatic rings. The monoisotopic (exact) mass is 223 g/mol. The minimum atomic E-state index is -0.139. The molecule has 0 saturated heterocycles. The summed E-state index contributed by atoms with van der Waals surface area (Å²) in [6.45, 7) is 4.08. The molecule has 1 aliphatic heterocycles. The lowest BCUT2D eigenvalue weighted by Gasteiger charge is -2.30. The number of nitrogens with one attached hydrogen (secondary N) is 3. The Morgan fingerprint density at radius 3 is 2.44 bits per heavy atom. The number of anilines is 3. The zero-order valence-electron chi connectivity index (χ0n) is 9.96. The maximum absolute atomic E-state index is 11.8. The van der Waals surface area contributed by atoms with Crippen LogP contribution in [0.1, 0.15) is 13.8 Å². The van der Waals surface area contributed by atoms with Crippen LogP contribution in [0.5, 0.6) is 0 Å². The van der Waals surface area contributed by atoms with Gasteiger partial charge in [-0.15, -0.1) is 0 Å². The molecule has 6 nitrogen and oxygen atoms in total. The summed E-state index contributed by atoms with van der Waals surface area (Å²) in [6.07, 6.45) is 0. The third-order valence-electron chi connectivity index (χ3n) is 2.82. The average molecular weight is 223 g/mol. The Morgan fingerprint density at radius 2 is 1.81 bits per heavy atom. The molecule has 88 valence electrons. The topological polar surface area (TPSA) is 73.0 Å². The van der Waals surface area contributed by atoms with Gasteiger partial charge in [-0.05, 0) is 13.8 Å². The molecule has 0 bridgehead atoms. The molecule has 0 fully saturated rings. The Labute approximate surface area is 94.1 Å². The summed E-state index contributed by atoms with van der Waals surface area (Å²) in [6, 6.07) is 0.456. The van der Waals surface area contributed by atoms with Crippen LogP contribution in [0.15, 0.2) is 4.79 Å². The number of rotatable bonds is 1. The van der Waals surface area contributed by atoms with Crippen molar-refractivity contribution >= 4 is 17.5 Å². The van der Waals surface area contributed by atoms with Crippen LogP contribution in [0.3, 0.4) is 0 Å². The zero-order chi connectivity index (χ0) is 11.9. The highest BCUT2D eigenvalue weighted by Gasteiger charge is 2.24. The van der Waals surface area contributed by atoms with Crippen molar-refractivity contribution < 1.29 is 0 Å². The van der Waals surface area contributed by atoms with Gasteiger partial charge in [0.1, 0.15) is 5.69 Å². The highest BCUT2D eigenvalue weighted by molar-refractivity contribution is 5.68. The highest BCUT2D eigenvalue weighted by atomic mass is 16.1. The molecule has 3 N–H and O–H groups in total. The van der Waals surface area contributed by atoms with E-state index in [1.54, 1.807) is 4.90 Å². The van der Waals surface area contributed by atoms with Crippen molar-refractivity contribution in [2.45, 2.75) is 25.9 Å². The molecule has 2 rings (SSSR count). The second-order valence-electron chi connectivity index (χ2n) is 4.37. The summed E-state index contributed by atoms with van der Waals surface area (Å²) in [5, 5.41) is 6.38. The third-order valence-corrected chi connectivity index (χ3v) is 2.82. The summed E-state index contributed by atoms with van der Waals surface area (Å²) in [5.41, 5.74) is 0.385. The van der Waals surface area contributed by atoms with Crippen molar-refractivity contribution in [3.63, 3.8) is 0 Å². The van der Waals surface area contributed by atoms with Gasteiger partial charge in [0, 0.05) is 26.2 Å². The molecule has 0 saturated carbocycles. The summed E-state index contributed by atoms with van der Waals surface area (Å²) >= 11 is 0. The van der Waals surface area contributed by atoms with E-state index in [1.165, 1.54) is 0 Å². The van der Waals surface area contributed by atoms with Gasteiger partial charge in [0.25, 0.3) is 5.56 Å². The summed E-state index contributed by atoms with van der Waals surface area (Å²) < 4.78 is 0. The second-order valence-corrected chi connectivity index (χ2v) is 4.37. The number of H-pyrrole nitrogens is 1. The van der Waals surface area contributed by atoms with Crippen molar-refractivity contribution in [2.24, 2.45) is 0 Å². The molecule has 0 radical (unpaired) electrons. The minimum Gasteiger partial charge on any atom is -0.373 e. The molecule has 0 unspecified atom stereocenters. The fraction of sp³-hybridized carbons (Fsp3) is 0.600. The number of aromatic nitrogens is 2. The number of aromatic amines is 1. The summed E-state index contributed by atoms with van der Waals surface area (Å²) in [4.78, 5) is 20.7. The van der Waals surface area contributed by atoms with Gasteiger partial charge < -0.3 is 15.5 Å². The Morgan fingerprint density at radius 1 is 1.19 bits per heavy atom. The summed E-state index contributed by atoms with van der Waals surface area (Å²) in [7, 11) is 3.68. The Hall–Kier alpha value is -1.72. The van der Waals surface area contributed by atoms with Crippen LogP contribution in [0.25, 0.3) is 0 Å². The van der Waals surface area contributed by atoms with E-state index >= 15 is 0 Å². The van der Waals surface area contributed by atoms with Gasteiger partial charge in [0.15, 0.2) is 5.82 Å². The molecular formula is C10H17N5O. The predicted molar refractivity (Wildman–Crippen MR) is 65.4 cm³/mol. The third kappa shape index (κ3) is 1.70. The maximum Gasteiger partial charge on any atom is 0.277 e. The van der Waals surface area contributed by atoms with Crippen LogP contribution in [0, 0.1) is 0 Å². The fourth-order valence-corrected chi connectivity index (χ4v) is 1.60. The van der Waals surface area contributed by atoms with Crippen LogP contribution in [0.2, 0.25) is 0 Å². The normalized spacial score (nSPS) is 23.0. The van der Waals surface area contributed by atoms with Gasteiger partial charge in [-0.1, -0.05) is 0 Å². The number of fused-ring (bicyclic) bond motifs is 1. The molecular weight excluding hydrogens is 206 g/mol. The first-order valence-corrected chi connectivity index (χ1v) is 5.33. The van der Waals surface area contributed by atoms with Gasteiger partial charge in [0.05, 0.1) is 0 Å². The Bertz CT molecular complexity index is 453. The van der Waals surface area contributed by atoms with Crippen molar-refractivity contribution in [3.8, 4) is 0 Å². The summed E-state index contributed by atoms with van der Waals surface area (Å²) in [5.74, 6) is 1.18. The highest BCUT2D eigenvalue weighted by Crippen LogP contribution is 2.23.